The first kappa shape index (κ1) is 24.5. The minimum Gasteiger partial charge on any atom is -0.445 e. The van der Waals surface area contributed by atoms with Crippen LogP contribution in [0.4, 0.5) is 9.80 Å². The fourth-order valence-corrected chi connectivity index (χ4v) is 5.06. The van der Waals surface area contributed by atoms with Gasteiger partial charge in [-0.3, -0.25) is 24.8 Å². The van der Waals surface area contributed by atoms with Crippen LogP contribution in [0.3, 0.4) is 0 Å². The molecular formula is C18H21N2O9PS. The summed E-state index contributed by atoms with van der Waals surface area (Å²) in [5.74, 6) is -2.49. The number of hydrogen-bond acceptors (Lipinski definition) is 9. The number of nitrogens with zero attached hydrogens (tertiary/aromatic N) is 1. The van der Waals surface area contributed by atoms with Gasteiger partial charge in [0.2, 0.25) is 7.37 Å². The average molecular weight is 472 g/mol. The standard InChI is InChI=1S/C18H21N2O9PS/c21-16(29-12-19-18(23)28-11-13-5-2-1-3-6-13)7-4-10-30(26,27)17(22)14-8-9-15(31-14)20(24)25/h1-3,5-6,8-9,17,22H,4,7,10-12H2,(H,19,23)(H,26,27)/t17-/m0/s1. The number of aliphatic hydroxyl groups is 1. The number of thiophene rings is 1. The van der Waals surface area contributed by atoms with E-state index in [-0.39, 0.29) is 35.5 Å². The quantitative estimate of drug-likeness (QED) is 0.146. The van der Waals surface area contributed by atoms with Gasteiger partial charge < -0.3 is 19.5 Å². The maximum atomic E-state index is 12.3. The lowest BCUT2D eigenvalue weighted by molar-refractivity contribution is -0.380. The number of nitrogens with one attached hydrogen (secondary N) is 1. The first-order valence-electron chi connectivity index (χ1n) is 9.03. The molecule has 13 heteroatoms. The van der Waals surface area contributed by atoms with Gasteiger partial charge in [-0.1, -0.05) is 41.7 Å². The molecule has 3 N–H and O–H groups in total. The van der Waals surface area contributed by atoms with Crippen molar-refractivity contribution in [3.8, 4) is 0 Å². The Morgan fingerprint density at radius 2 is 1.90 bits per heavy atom. The van der Waals surface area contributed by atoms with Gasteiger partial charge in [-0.2, -0.15) is 0 Å². The lowest BCUT2D eigenvalue weighted by Crippen LogP contribution is -2.28. The second-order valence-corrected chi connectivity index (χ2v) is 9.83. The zero-order chi connectivity index (χ0) is 22.9. The first-order valence-corrected chi connectivity index (χ1v) is 11.8. The molecule has 0 spiro atoms. The summed E-state index contributed by atoms with van der Waals surface area (Å²) in [6, 6.07) is 11.3. The van der Waals surface area contributed by atoms with Gasteiger partial charge in [-0.25, -0.2) is 4.79 Å². The molecule has 2 aromatic rings. The van der Waals surface area contributed by atoms with Crippen molar-refractivity contribution in [3.63, 3.8) is 0 Å². The molecular weight excluding hydrogens is 451 g/mol. The highest BCUT2D eigenvalue weighted by atomic mass is 32.1. The van der Waals surface area contributed by atoms with Gasteiger partial charge in [0, 0.05) is 23.5 Å². The number of rotatable bonds is 11. The predicted molar refractivity (Wildman–Crippen MR) is 111 cm³/mol. The molecule has 168 valence electrons. The zero-order valence-corrected chi connectivity index (χ0v) is 17.9. The molecule has 0 saturated carbocycles. The summed E-state index contributed by atoms with van der Waals surface area (Å²) in [4.78, 5) is 43.3. The SMILES string of the molecule is O=C(CCCP(=O)(O)[C@H](O)c1ccc([N+](=O)[O-])s1)OCNC(=O)OCc1ccccc1. The molecule has 0 aliphatic heterocycles. The van der Waals surface area contributed by atoms with Crippen molar-refractivity contribution in [1.82, 2.24) is 5.32 Å². The molecule has 11 nitrogen and oxygen atoms in total. The first-order chi connectivity index (χ1) is 14.7. The highest BCUT2D eigenvalue weighted by Gasteiger charge is 2.32. The topological polar surface area (TPSA) is 165 Å². The van der Waals surface area contributed by atoms with Crippen LogP contribution in [-0.2, 0) is 25.4 Å². The van der Waals surface area contributed by atoms with Crippen LogP contribution in [0.15, 0.2) is 42.5 Å². The van der Waals surface area contributed by atoms with E-state index in [0.717, 1.165) is 11.6 Å². The van der Waals surface area contributed by atoms with Gasteiger partial charge >= 0.3 is 17.1 Å². The molecule has 0 bridgehead atoms. The Bertz CT molecular complexity index is 951. The van der Waals surface area contributed by atoms with Crippen LogP contribution < -0.4 is 5.32 Å². The number of aliphatic hydroxyl groups excluding tert-OH is 1. The largest absolute Gasteiger partial charge is 0.445 e. The number of esters is 1. The van der Waals surface area contributed by atoms with Crippen molar-refractivity contribution in [2.24, 2.45) is 0 Å². The Labute approximate surface area is 181 Å². The molecule has 2 atom stereocenters. The van der Waals surface area contributed by atoms with Crippen molar-refractivity contribution in [1.29, 1.82) is 0 Å². The van der Waals surface area contributed by atoms with E-state index in [1.54, 1.807) is 24.3 Å². The third-order valence-corrected chi connectivity index (χ3v) is 7.21. The lowest BCUT2D eigenvalue weighted by Gasteiger charge is -2.16. The summed E-state index contributed by atoms with van der Waals surface area (Å²) in [6.07, 6.45) is -1.44. The van der Waals surface area contributed by atoms with Crippen LogP contribution in [0.25, 0.3) is 0 Å². The fourth-order valence-electron chi connectivity index (χ4n) is 2.37. The molecule has 1 aromatic heterocycles. The fraction of sp³-hybridized carbons (Fsp3) is 0.333. The van der Waals surface area contributed by atoms with E-state index < -0.39 is 36.9 Å². The maximum Gasteiger partial charge on any atom is 0.410 e. The molecule has 0 fully saturated rings. The molecule has 1 heterocycles. The van der Waals surface area contributed by atoms with E-state index in [2.05, 4.69) is 5.32 Å². The van der Waals surface area contributed by atoms with Crippen molar-refractivity contribution in [2.45, 2.75) is 25.3 Å². The number of carbonyl (C=O) groups is 2. The van der Waals surface area contributed by atoms with Crippen LogP contribution in [0.2, 0.25) is 0 Å². The average Bonchev–Trinajstić information content (AvgIpc) is 3.23. The predicted octanol–water partition coefficient (Wildman–Crippen LogP) is 3.12. The van der Waals surface area contributed by atoms with E-state index in [0.29, 0.717) is 11.3 Å². The lowest BCUT2D eigenvalue weighted by atomic mass is 10.2. The van der Waals surface area contributed by atoms with Gasteiger partial charge in [-0.05, 0) is 18.1 Å². The number of nitro groups is 1. The number of hydrogen-bond donors (Lipinski definition) is 3. The van der Waals surface area contributed by atoms with Crippen LogP contribution >= 0.6 is 18.7 Å². The molecule has 31 heavy (non-hydrogen) atoms. The highest BCUT2D eigenvalue weighted by molar-refractivity contribution is 7.58. The second-order valence-electron chi connectivity index (χ2n) is 6.29. The number of ether oxygens (including phenoxy) is 2. The highest BCUT2D eigenvalue weighted by Crippen LogP contribution is 2.56. The third-order valence-electron chi connectivity index (χ3n) is 3.95. The van der Waals surface area contributed by atoms with E-state index in [9.17, 15) is 34.3 Å². The maximum absolute atomic E-state index is 12.3. The minimum atomic E-state index is -4.11. The van der Waals surface area contributed by atoms with Crippen LogP contribution in [-0.4, -0.2) is 39.9 Å². The van der Waals surface area contributed by atoms with E-state index >= 15 is 0 Å². The Hall–Kier alpha value is -2.79. The van der Waals surface area contributed by atoms with E-state index in [1.165, 1.54) is 6.07 Å². The Kier molecular flexibility index (Phi) is 9.13. The van der Waals surface area contributed by atoms with Crippen molar-refractivity contribution >= 4 is 35.8 Å². The molecule has 2 rings (SSSR count). The summed E-state index contributed by atoms with van der Waals surface area (Å²) in [7, 11) is -4.11. The van der Waals surface area contributed by atoms with E-state index in [4.69, 9.17) is 9.47 Å². The summed E-state index contributed by atoms with van der Waals surface area (Å²) < 4.78 is 22.0. The summed E-state index contributed by atoms with van der Waals surface area (Å²) in [5, 5.41) is 22.7. The van der Waals surface area contributed by atoms with Crippen molar-refractivity contribution < 1.29 is 38.6 Å². The molecule has 0 saturated heterocycles. The summed E-state index contributed by atoms with van der Waals surface area (Å²) >= 11 is 0.607. The number of amides is 1. The zero-order valence-electron chi connectivity index (χ0n) is 16.2. The number of carbonyl (C=O) groups excluding carboxylic acids is 2. The van der Waals surface area contributed by atoms with Crippen LogP contribution in [0.1, 0.15) is 29.1 Å². The van der Waals surface area contributed by atoms with E-state index in [1.807, 2.05) is 6.07 Å². The summed E-state index contributed by atoms with van der Waals surface area (Å²) in [6.45, 7) is -0.368. The molecule has 1 unspecified atom stereocenters. The minimum absolute atomic E-state index is 0.00155. The van der Waals surface area contributed by atoms with Gasteiger partial charge in [0.25, 0.3) is 0 Å². The molecule has 0 aliphatic carbocycles. The van der Waals surface area contributed by atoms with Gasteiger partial charge in [0.15, 0.2) is 12.6 Å². The van der Waals surface area contributed by atoms with Crippen molar-refractivity contribution in [2.75, 3.05) is 12.9 Å². The molecule has 0 radical (unpaired) electrons. The Balaban J connectivity index is 1.65. The smallest absolute Gasteiger partial charge is 0.410 e. The van der Waals surface area contributed by atoms with Crippen LogP contribution in [0.5, 0.6) is 0 Å². The molecule has 1 amide bonds. The van der Waals surface area contributed by atoms with Gasteiger partial charge in [0.1, 0.15) is 6.61 Å². The third kappa shape index (κ3) is 8.10. The Morgan fingerprint density at radius 3 is 2.55 bits per heavy atom. The van der Waals surface area contributed by atoms with Crippen LogP contribution in [0, 0.1) is 10.1 Å². The van der Waals surface area contributed by atoms with Gasteiger partial charge in [0.05, 0.1) is 4.92 Å². The normalized spacial score (nSPS) is 13.6. The summed E-state index contributed by atoms with van der Waals surface area (Å²) in [5.41, 5.74) is 0.794. The molecule has 0 aliphatic rings. The van der Waals surface area contributed by atoms with Crippen molar-refractivity contribution in [3.05, 3.63) is 63.0 Å². The Morgan fingerprint density at radius 1 is 1.19 bits per heavy atom. The monoisotopic (exact) mass is 472 g/mol. The second kappa shape index (κ2) is 11.6. The van der Waals surface area contributed by atoms with Gasteiger partial charge in [-0.15, -0.1) is 0 Å². The molecule has 1 aromatic carbocycles. The number of benzene rings is 1. The number of alkyl carbamates (subject to hydrolysis) is 1.